The number of nitrogens with one attached hydrogen (secondary N) is 1. The number of aromatic amines is 1. The zero-order valence-electron chi connectivity index (χ0n) is 11.1. The van der Waals surface area contributed by atoms with Gasteiger partial charge < -0.3 is 19.2 Å². The molecule has 1 aromatic heterocycles. The minimum Gasteiger partial charge on any atom is -0.489 e. The van der Waals surface area contributed by atoms with Gasteiger partial charge >= 0.3 is 5.69 Å². The predicted octanol–water partition coefficient (Wildman–Crippen LogP) is 0.908. The van der Waals surface area contributed by atoms with Crippen molar-refractivity contribution >= 4 is 11.0 Å². The van der Waals surface area contributed by atoms with E-state index in [1.807, 2.05) is 18.2 Å². The Balaban J connectivity index is 1.99. The molecule has 1 N–H and O–H groups in total. The third kappa shape index (κ3) is 3.15. The van der Waals surface area contributed by atoms with Gasteiger partial charge in [0.15, 0.2) is 0 Å². The summed E-state index contributed by atoms with van der Waals surface area (Å²) in [7, 11) is 3.34. The molecule has 6 nitrogen and oxygen atoms in total. The first-order valence-electron chi connectivity index (χ1n) is 6.11. The molecule has 0 aliphatic carbocycles. The van der Waals surface area contributed by atoms with Crippen molar-refractivity contribution in [3.8, 4) is 5.75 Å². The Morgan fingerprint density at radius 2 is 2.00 bits per heavy atom. The monoisotopic (exact) mass is 266 g/mol. The molecule has 0 atom stereocenters. The summed E-state index contributed by atoms with van der Waals surface area (Å²) in [5, 5.41) is 0. The highest BCUT2D eigenvalue weighted by Crippen LogP contribution is 2.22. The highest BCUT2D eigenvalue weighted by atomic mass is 16.5. The van der Waals surface area contributed by atoms with Crippen LogP contribution in [0.15, 0.2) is 23.0 Å². The largest absolute Gasteiger partial charge is 0.489 e. The number of hydrogen-bond acceptors (Lipinski definition) is 4. The minimum absolute atomic E-state index is 0.151. The van der Waals surface area contributed by atoms with Crippen LogP contribution in [-0.4, -0.2) is 43.1 Å². The van der Waals surface area contributed by atoms with E-state index in [2.05, 4.69) is 4.98 Å². The number of hydrogen-bond donors (Lipinski definition) is 1. The lowest BCUT2D eigenvalue weighted by atomic mass is 10.3. The van der Waals surface area contributed by atoms with E-state index in [4.69, 9.17) is 14.2 Å². The van der Waals surface area contributed by atoms with Gasteiger partial charge in [-0.3, -0.25) is 4.57 Å². The number of H-pyrrole nitrogens is 1. The van der Waals surface area contributed by atoms with Crippen LogP contribution in [0.2, 0.25) is 0 Å². The minimum atomic E-state index is -0.151. The van der Waals surface area contributed by atoms with Crippen LogP contribution in [0.4, 0.5) is 0 Å². The summed E-state index contributed by atoms with van der Waals surface area (Å²) in [5.41, 5.74) is 1.39. The zero-order valence-corrected chi connectivity index (χ0v) is 11.1. The van der Waals surface area contributed by atoms with E-state index < -0.39 is 0 Å². The second-order valence-corrected chi connectivity index (χ2v) is 4.10. The molecule has 2 aromatic rings. The molecular weight excluding hydrogens is 248 g/mol. The maximum Gasteiger partial charge on any atom is 0.326 e. The van der Waals surface area contributed by atoms with Crippen molar-refractivity contribution in [2.75, 3.05) is 33.5 Å². The number of imidazole rings is 1. The second-order valence-electron chi connectivity index (χ2n) is 4.10. The van der Waals surface area contributed by atoms with Crippen molar-refractivity contribution in [1.29, 1.82) is 0 Å². The molecule has 104 valence electrons. The van der Waals surface area contributed by atoms with Crippen LogP contribution < -0.4 is 10.4 Å². The fraction of sp³-hybridized carbons (Fsp3) is 0.462. The fourth-order valence-corrected chi connectivity index (χ4v) is 1.84. The van der Waals surface area contributed by atoms with Crippen molar-refractivity contribution < 1.29 is 14.2 Å². The van der Waals surface area contributed by atoms with Crippen molar-refractivity contribution in [1.82, 2.24) is 9.55 Å². The maximum absolute atomic E-state index is 11.6. The van der Waals surface area contributed by atoms with Crippen molar-refractivity contribution in [2.24, 2.45) is 7.05 Å². The van der Waals surface area contributed by atoms with Crippen LogP contribution >= 0.6 is 0 Å². The molecule has 0 aliphatic heterocycles. The lowest BCUT2D eigenvalue weighted by Gasteiger charge is -2.08. The quantitative estimate of drug-likeness (QED) is 0.756. The summed E-state index contributed by atoms with van der Waals surface area (Å²) in [4.78, 5) is 14.3. The molecule has 0 radical (unpaired) electrons. The molecule has 1 heterocycles. The molecule has 0 saturated carbocycles. The van der Waals surface area contributed by atoms with Gasteiger partial charge in [0, 0.05) is 14.2 Å². The molecule has 1 aromatic carbocycles. The van der Waals surface area contributed by atoms with Crippen molar-refractivity contribution in [2.45, 2.75) is 0 Å². The van der Waals surface area contributed by atoms with Crippen LogP contribution in [0.1, 0.15) is 0 Å². The molecule has 6 heteroatoms. The van der Waals surface area contributed by atoms with E-state index >= 15 is 0 Å². The number of methoxy groups -OCH3 is 1. The van der Waals surface area contributed by atoms with Gasteiger partial charge in [0.25, 0.3) is 0 Å². The molecule has 0 unspecified atom stereocenters. The first-order valence-corrected chi connectivity index (χ1v) is 6.11. The first-order chi connectivity index (χ1) is 9.24. The normalized spacial score (nSPS) is 11.1. The van der Waals surface area contributed by atoms with Gasteiger partial charge in [0.1, 0.15) is 17.9 Å². The van der Waals surface area contributed by atoms with E-state index in [1.54, 1.807) is 14.2 Å². The van der Waals surface area contributed by atoms with Crippen LogP contribution in [0.25, 0.3) is 11.0 Å². The van der Waals surface area contributed by atoms with Gasteiger partial charge in [-0.2, -0.15) is 0 Å². The molecule has 0 saturated heterocycles. The van der Waals surface area contributed by atoms with Gasteiger partial charge in [0.05, 0.1) is 25.3 Å². The lowest BCUT2D eigenvalue weighted by molar-refractivity contribution is 0.0546. The van der Waals surface area contributed by atoms with E-state index in [0.717, 1.165) is 11.0 Å². The van der Waals surface area contributed by atoms with E-state index in [0.29, 0.717) is 32.2 Å². The first kappa shape index (κ1) is 13.6. The Morgan fingerprint density at radius 1 is 1.21 bits per heavy atom. The number of fused-ring (bicyclic) bond motifs is 1. The molecule has 0 amide bonds. The van der Waals surface area contributed by atoms with E-state index in [-0.39, 0.29) is 5.69 Å². The lowest BCUT2D eigenvalue weighted by Crippen LogP contribution is -2.13. The molecule has 0 fully saturated rings. The van der Waals surface area contributed by atoms with Crippen molar-refractivity contribution in [3.05, 3.63) is 28.7 Å². The van der Waals surface area contributed by atoms with Crippen LogP contribution in [0.5, 0.6) is 5.75 Å². The highest BCUT2D eigenvalue weighted by Gasteiger charge is 2.08. The van der Waals surface area contributed by atoms with Crippen LogP contribution in [0, 0.1) is 0 Å². The average Bonchev–Trinajstić information content (AvgIpc) is 2.70. The van der Waals surface area contributed by atoms with E-state index in [1.165, 1.54) is 4.57 Å². The number of ether oxygens (including phenoxy) is 3. The smallest absolute Gasteiger partial charge is 0.326 e. The standard InChI is InChI=1S/C13H18N2O4/c1-15-12-10(14-13(15)16)4-3-5-11(12)19-9-8-18-7-6-17-2/h3-5H,6-9H2,1-2H3,(H,14,16). The summed E-state index contributed by atoms with van der Waals surface area (Å²) in [6.45, 7) is 2.04. The maximum atomic E-state index is 11.6. The second kappa shape index (κ2) is 6.40. The number of para-hydroxylation sites is 1. The summed E-state index contributed by atoms with van der Waals surface area (Å²) in [5.74, 6) is 0.675. The van der Waals surface area contributed by atoms with Gasteiger partial charge in [-0.1, -0.05) is 6.07 Å². The Hall–Kier alpha value is -1.79. The highest BCUT2D eigenvalue weighted by molar-refractivity contribution is 5.81. The molecule has 0 spiro atoms. The number of benzene rings is 1. The van der Waals surface area contributed by atoms with Gasteiger partial charge in [0.2, 0.25) is 0 Å². The molecular formula is C13H18N2O4. The zero-order chi connectivity index (χ0) is 13.7. The molecule has 2 rings (SSSR count). The van der Waals surface area contributed by atoms with Crippen LogP contribution in [0.3, 0.4) is 0 Å². The predicted molar refractivity (Wildman–Crippen MR) is 71.7 cm³/mol. The number of rotatable bonds is 7. The Labute approximate surface area is 110 Å². The molecule has 0 aliphatic rings. The van der Waals surface area contributed by atoms with Gasteiger partial charge in [-0.25, -0.2) is 4.79 Å². The Bertz CT molecular complexity index is 588. The topological polar surface area (TPSA) is 65.5 Å². The average molecular weight is 266 g/mol. The van der Waals surface area contributed by atoms with Crippen LogP contribution in [-0.2, 0) is 16.5 Å². The summed E-state index contributed by atoms with van der Waals surface area (Å²) >= 11 is 0. The third-order valence-corrected chi connectivity index (χ3v) is 2.80. The van der Waals surface area contributed by atoms with E-state index in [9.17, 15) is 4.79 Å². The SMILES string of the molecule is COCCOCCOc1cccc2[nH]c(=O)n(C)c12. The third-order valence-electron chi connectivity index (χ3n) is 2.80. The van der Waals surface area contributed by atoms with Crippen molar-refractivity contribution in [3.63, 3.8) is 0 Å². The summed E-state index contributed by atoms with van der Waals surface area (Å²) in [6.07, 6.45) is 0. The number of aryl methyl sites for hydroxylation is 1. The Morgan fingerprint density at radius 3 is 2.79 bits per heavy atom. The number of aromatic nitrogens is 2. The summed E-state index contributed by atoms with van der Waals surface area (Å²) in [6, 6.07) is 5.53. The van der Waals surface area contributed by atoms with Gasteiger partial charge in [-0.15, -0.1) is 0 Å². The Kier molecular flexibility index (Phi) is 4.59. The summed E-state index contributed by atoms with van der Waals surface area (Å²) < 4.78 is 17.4. The molecule has 0 bridgehead atoms. The van der Waals surface area contributed by atoms with Gasteiger partial charge in [-0.05, 0) is 12.1 Å². The molecule has 19 heavy (non-hydrogen) atoms. The fourth-order valence-electron chi connectivity index (χ4n) is 1.84. The number of nitrogens with zero attached hydrogens (tertiary/aromatic N) is 1.